The molecule has 1 aliphatic heterocycles. The molecule has 1 aliphatic carbocycles. The van der Waals surface area contributed by atoms with E-state index in [-0.39, 0.29) is 11.4 Å². The van der Waals surface area contributed by atoms with Crippen LogP contribution in [0.2, 0.25) is 0 Å². The number of rotatable bonds is 1. The van der Waals surface area contributed by atoms with E-state index < -0.39 is 0 Å². The van der Waals surface area contributed by atoms with Gasteiger partial charge >= 0.3 is 0 Å². The van der Waals surface area contributed by atoms with Crippen molar-refractivity contribution in [1.82, 2.24) is 5.32 Å². The van der Waals surface area contributed by atoms with Crippen LogP contribution in [-0.4, -0.2) is 25.2 Å². The molecule has 0 aromatic heterocycles. The molecule has 18 heavy (non-hydrogen) atoms. The Morgan fingerprint density at radius 3 is 2.39 bits per heavy atom. The van der Waals surface area contributed by atoms with Crippen LogP contribution >= 0.6 is 0 Å². The Balaban J connectivity index is 1.86. The molecule has 0 atom stereocenters. The average molecular weight is 248 g/mol. The summed E-state index contributed by atoms with van der Waals surface area (Å²) in [6.45, 7) is 7.66. The number of nitrogens with one attached hydrogen (secondary N) is 1. The van der Waals surface area contributed by atoms with Gasteiger partial charge in [0.05, 0.1) is 0 Å². The molecule has 1 aromatic carbocycles. The van der Waals surface area contributed by atoms with Crippen LogP contribution in [0, 0.1) is 11.2 Å². The van der Waals surface area contributed by atoms with Gasteiger partial charge in [-0.1, -0.05) is 0 Å². The highest BCUT2D eigenvalue weighted by atomic mass is 19.1. The Hall–Kier alpha value is -1.09. The molecule has 3 heteroatoms. The van der Waals surface area contributed by atoms with E-state index in [9.17, 15) is 4.39 Å². The van der Waals surface area contributed by atoms with Crippen molar-refractivity contribution in [2.45, 2.75) is 32.2 Å². The van der Waals surface area contributed by atoms with Crippen LogP contribution < -0.4 is 10.2 Å². The summed E-state index contributed by atoms with van der Waals surface area (Å²) in [7, 11) is 0. The van der Waals surface area contributed by atoms with Crippen molar-refractivity contribution in [2.24, 2.45) is 5.41 Å². The fraction of sp³-hybridized carbons (Fsp3) is 0.600. The largest absolute Gasteiger partial charge is 0.369 e. The minimum Gasteiger partial charge on any atom is -0.369 e. The molecule has 1 heterocycles. The molecule has 1 saturated heterocycles. The topological polar surface area (TPSA) is 15.3 Å². The summed E-state index contributed by atoms with van der Waals surface area (Å²) in [5.74, 6) is -0.160. The zero-order valence-corrected chi connectivity index (χ0v) is 11.2. The van der Waals surface area contributed by atoms with E-state index in [0.29, 0.717) is 5.41 Å². The lowest BCUT2D eigenvalue weighted by Gasteiger charge is -2.31. The Bertz CT molecular complexity index is 426. The van der Waals surface area contributed by atoms with Gasteiger partial charge in [-0.15, -0.1) is 0 Å². The van der Waals surface area contributed by atoms with Crippen LogP contribution in [-0.2, 0) is 0 Å². The summed E-state index contributed by atoms with van der Waals surface area (Å²) in [6, 6.07) is 6.90. The summed E-state index contributed by atoms with van der Waals surface area (Å²) in [6.07, 6.45) is 2.63. The monoisotopic (exact) mass is 248 g/mol. The highest BCUT2D eigenvalue weighted by Crippen LogP contribution is 2.47. The van der Waals surface area contributed by atoms with Gasteiger partial charge in [0.25, 0.3) is 0 Å². The lowest BCUT2D eigenvalue weighted by molar-refractivity contribution is 0.389. The maximum absolute atomic E-state index is 13.0. The van der Waals surface area contributed by atoms with Crippen molar-refractivity contribution in [3.63, 3.8) is 0 Å². The van der Waals surface area contributed by atoms with Gasteiger partial charge in [-0.05, 0) is 51.0 Å². The number of hydrogen-bond acceptors (Lipinski definition) is 2. The van der Waals surface area contributed by atoms with Gasteiger partial charge in [-0.25, -0.2) is 4.39 Å². The van der Waals surface area contributed by atoms with Crippen molar-refractivity contribution < 1.29 is 4.39 Å². The standard InChI is InChI=1S/C15H21FN2/c1-14(2)10-18(11-15(7-8-15)9-17-14)13-5-3-12(16)4-6-13/h3-6,17H,7-11H2,1-2H3. The van der Waals surface area contributed by atoms with Crippen molar-refractivity contribution >= 4 is 5.69 Å². The van der Waals surface area contributed by atoms with Crippen molar-refractivity contribution in [2.75, 3.05) is 24.5 Å². The molecule has 98 valence electrons. The van der Waals surface area contributed by atoms with Gasteiger partial charge in [0, 0.05) is 36.3 Å². The van der Waals surface area contributed by atoms with Crippen LogP contribution in [0.25, 0.3) is 0 Å². The number of nitrogens with zero attached hydrogens (tertiary/aromatic N) is 1. The van der Waals surface area contributed by atoms with E-state index in [4.69, 9.17) is 0 Å². The number of benzene rings is 1. The van der Waals surface area contributed by atoms with E-state index in [0.717, 1.165) is 25.3 Å². The first-order chi connectivity index (χ1) is 8.48. The lowest BCUT2D eigenvalue weighted by Crippen LogP contribution is -2.46. The van der Waals surface area contributed by atoms with Crippen LogP contribution in [0.4, 0.5) is 10.1 Å². The minimum atomic E-state index is -0.160. The molecule has 1 spiro atoms. The Morgan fingerprint density at radius 2 is 1.78 bits per heavy atom. The van der Waals surface area contributed by atoms with E-state index in [1.54, 1.807) is 12.1 Å². The molecule has 2 fully saturated rings. The Labute approximate surface area is 108 Å². The first-order valence-corrected chi connectivity index (χ1v) is 6.74. The molecule has 2 aliphatic rings. The third-order valence-electron chi connectivity index (χ3n) is 4.20. The zero-order valence-electron chi connectivity index (χ0n) is 11.2. The van der Waals surface area contributed by atoms with Crippen molar-refractivity contribution in [3.8, 4) is 0 Å². The van der Waals surface area contributed by atoms with Gasteiger partial charge in [0.2, 0.25) is 0 Å². The normalized spacial score (nSPS) is 24.9. The first kappa shape index (κ1) is 12.0. The molecule has 2 nitrogen and oxygen atoms in total. The third-order valence-corrected chi connectivity index (χ3v) is 4.20. The van der Waals surface area contributed by atoms with Crippen LogP contribution in [0.15, 0.2) is 24.3 Å². The van der Waals surface area contributed by atoms with Crippen LogP contribution in [0.1, 0.15) is 26.7 Å². The molecular weight excluding hydrogens is 227 g/mol. The molecule has 1 N–H and O–H groups in total. The SMILES string of the molecule is CC1(C)CN(c2ccc(F)cc2)CC2(CC2)CN1. The first-order valence-electron chi connectivity index (χ1n) is 6.74. The fourth-order valence-electron chi connectivity index (χ4n) is 2.82. The maximum atomic E-state index is 13.0. The summed E-state index contributed by atoms with van der Waals surface area (Å²) in [5.41, 5.74) is 1.71. The Kier molecular flexibility index (Phi) is 2.63. The van der Waals surface area contributed by atoms with Gasteiger partial charge in [0.15, 0.2) is 0 Å². The van der Waals surface area contributed by atoms with Crippen LogP contribution in [0.3, 0.4) is 0 Å². The van der Waals surface area contributed by atoms with E-state index in [1.165, 1.54) is 12.8 Å². The minimum absolute atomic E-state index is 0.112. The predicted molar refractivity (Wildman–Crippen MR) is 72.4 cm³/mol. The summed E-state index contributed by atoms with van der Waals surface area (Å²) >= 11 is 0. The molecule has 0 radical (unpaired) electrons. The fourth-order valence-corrected chi connectivity index (χ4v) is 2.82. The number of anilines is 1. The second-order valence-electron chi connectivity index (χ2n) is 6.57. The van der Waals surface area contributed by atoms with Crippen molar-refractivity contribution in [1.29, 1.82) is 0 Å². The molecule has 0 unspecified atom stereocenters. The van der Waals surface area contributed by atoms with Gasteiger partial charge in [-0.2, -0.15) is 0 Å². The highest BCUT2D eigenvalue weighted by molar-refractivity contribution is 5.47. The second kappa shape index (κ2) is 3.95. The van der Waals surface area contributed by atoms with Crippen LogP contribution in [0.5, 0.6) is 0 Å². The van der Waals surface area contributed by atoms with Gasteiger partial charge < -0.3 is 10.2 Å². The molecule has 0 bridgehead atoms. The maximum Gasteiger partial charge on any atom is 0.123 e. The Morgan fingerprint density at radius 1 is 1.11 bits per heavy atom. The van der Waals surface area contributed by atoms with Gasteiger partial charge in [-0.3, -0.25) is 0 Å². The molecule has 1 saturated carbocycles. The molecule has 3 rings (SSSR count). The summed E-state index contributed by atoms with van der Waals surface area (Å²) in [5, 5.41) is 3.67. The highest BCUT2D eigenvalue weighted by Gasteiger charge is 2.47. The van der Waals surface area contributed by atoms with Crippen molar-refractivity contribution in [3.05, 3.63) is 30.1 Å². The second-order valence-corrected chi connectivity index (χ2v) is 6.57. The smallest absolute Gasteiger partial charge is 0.123 e. The zero-order chi connectivity index (χ0) is 12.8. The number of halogens is 1. The van der Waals surface area contributed by atoms with E-state index >= 15 is 0 Å². The van der Waals surface area contributed by atoms with E-state index in [1.807, 2.05) is 12.1 Å². The van der Waals surface area contributed by atoms with Gasteiger partial charge in [0.1, 0.15) is 5.82 Å². The number of hydrogen-bond donors (Lipinski definition) is 1. The molecule has 0 amide bonds. The average Bonchev–Trinajstić information content (AvgIpc) is 3.08. The third kappa shape index (κ3) is 2.37. The predicted octanol–water partition coefficient (Wildman–Crippen LogP) is 2.79. The van der Waals surface area contributed by atoms with E-state index in [2.05, 4.69) is 24.1 Å². The lowest BCUT2D eigenvalue weighted by atomic mass is 10.1. The summed E-state index contributed by atoms with van der Waals surface area (Å²) < 4.78 is 13.0. The summed E-state index contributed by atoms with van der Waals surface area (Å²) in [4.78, 5) is 2.41. The quantitative estimate of drug-likeness (QED) is 0.822. The molecule has 1 aromatic rings. The molecular formula is C15H21FN2.